The van der Waals surface area contributed by atoms with Gasteiger partial charge in [0, 0.05) is 13.7 Å². The Labute approximate surface area is 64.6 Å². The van der Waals surface area contributed by atoms with E-state index in [1.165, 1.54) is 7.11 Å². The van der Waals surface area contributed by atoms with E-state index in [4.69, 9.17) is 5.11 Å². The SMILES string of the molecule is COCCN(CCF)C(=O)O. The summed E-state index contributed by atoms with van der Waals surface area (Å²) < 4.78 is 16.3. The zero-order valence-corrected chi connectivity index (χ0v) is 6.42. The van der Waals surface area contributed by atoms with Crippen molar-refractivity contribution in [3.8, 4) is 0 Å². The van der Waals surface area contributed by atoms with Crippen molar-refractivity contribution in [1.29, 1.82) is 0 Å². The van der Waals surface area contributed by atoms with E-state index in [0.717, 1.165) is 4.90 Å². The number of amides is 1. The number of alkyl halides is 1. The first-order chi connectivity index (χ1) is 5.22. The topological polar surface area (TPSA) is 49.8 Å². The Morgan fingerprint density at radius 3 is 2.64 bits per heavy atom. The largest absolute Gasteiger partial charge is 0.465 e. The number of methoxy groups -OCH3 is 1. The van der Waals surface area contributed by atoms with Crippen LogP contribution in [0.25, 0.3) is 0 Å². The van der Waals surface area contributed by atoms with Gasteiger partial charge in [0.1, 0.15) is 6.67 Å². The van der Waals surface area contributed by atoms with Crippen LogP contribution in [0.1, 0.15) is 0 Å². The molecule has 5 heteroatoms. The molecule has 0 aliphatic carbocycles. The molecule has 0 spiro atoms. The van der Waals surface area contributed by atoms with Crippen LogP contribution in [-0.2, 0) is 4.74 Å². The molecule has 0 atom stereocenters. The average molecular weight is 165 g/mol. The smallest absolute Gasteiger partial charge is 0.407 e. The van der Waals surface area contributed by atoms with Crippen LogP contribution in [0.3, 0.4) is 0 Å². The molecule has 0 aromatic rings. The van der Waals surface area contributed by atoms with Crippen LogP contribution in [0.4, 0.5) is 9.18 Å². The molecule has 0 heterocycles. The quantitative estimate of drug-likeness (QED) is 0.648. The van der Waals surface area contributed by atoms with Gasteiger partial charge in [-0.1, -0.05) is 0 Å². The number of hydrogen-bond acceptors (Lipinski definition) is 2. The van der Waals surface area contributed by atoms with Crippen LogP contribution >= 0.6 is 0 Å². The zero-order chi connectivity index (χ0) is 8.69. The van der Waals surface area contributed by atoms with Crippen molar-refractivity contribution in [2.24, 2.45) is 0 Å². The van der Waals surface area contributed by atoms with Crippen molar-refractivity contribution in [3.05, 3.63) is 0 Å². The lowest BCUT2D eigenvalue weighted by molar-refractivity contribution is 0.115. The predicted octanol–water partition coefficient (Wildman–Crippen LogP) is 0.582. The maximum absolute atomic E-state index is 11.7. The lowest BCUT2D eigenvalue weighted by Crippen LogP contribution is -2.34. The Morgan fingerprint density at radius 2 is 2.27 bits per heavy atom. The number of rotatable bonds is 5. The van der Waals surface area contributed by atoms with Gasteiger partial charge in [-0.3, -0.25) is 0 Å². The van der Waals surface area contributed by atoms with Crippen LogP contribution in [0, 0.1) is 0 Å². The summed E-state index contributed by atoms with van der Waals surface area (Å²) in [5.74, 6) is 0. The van der Waals surface area contributed by atoms with Crippen molar-refractivity contribution in [3.63, 3.8) is 0 Å². The van der Waals surface area contributed by atoms with Crippen molar-refractivity contribution in [2.75, 3.05) is 33.5 Å². The molecule has 0 radical (unpaired) electrons. The highest BCUT2D eigenvalue weighted by atomic mass is 19.1. The third-order valence-corrected chi connectivity index (χ3v) is 1.19. The Morgan fingerprint density at radius 1 is 1.64 bits per heavy atom. The fourth-order valence-electron chi connectivity index (χ4n) is 0.607. The zero-order valence-electron chi connectivity index (χ0n) is 6.42. The van der Waals surface area contributed by atoms with Gasteiger partial charge in [0.05, 0.1) is 13.2 Å². The average Bonchev–Trinajstić information content (AvgIpc) is 1.97. The molecule has 0 unspecified atom stereocenters. The molecule has 0 bridgehead atoms. The van der Waals surface area contributed by atoms with Crippen molar-refractivity contribution >= 4 is 6.09 Å². The molecule has 1 amide bonds. The van der Waals surface area contributed by atoms with Crippen LogP contribution in [0.5, 0.6) is 0 Å². The van der Waals surface area contributed by atoms with E-state index >= 15 is 0 Å². The molecule has 1 N–H and O–H groups in total. The molecule has 11 heavy (non-hydrogen) atoms. The van der Waals surface area contributed by atoms with Crippen molar-refractivity contribution < 1.29 is 19.0 Å². The van der Waals surface area contributed by atoms with E-state index in [1.807, 2.05) is 0 Å². The van der Waals surface area contributed by atoms with E-state index in [1.54, 1.807) is 0 Å². The Hall–Kier alpha value is -0.840. The lowest BCUT2D eigenvalue weighted by atomic mass is 10.5. The van der Waals surface area contributed by atoms with Gasteiger partial charge < -0.3 is 14.7 Å². The van der Waals surface area contributed by atoms with Gasteiger partial charge in [0.25, 0.3) is 0 Å². The predicted molar refractivity (Wildman–Crippen MR) is 37.4 cm³/mol. The molecular weight excluding hydrogens is 153 g/mol. The van der Waals surface area contributed by atoms with Crippen LogP contribution in [0.2, 0.25) is 0 Å². The molecule has 0 aliphatic rings. The number of halogens is 1. The Balaban J connectivity index is 3.60. The standard InChI is InChI=1S/C6H12FNO3/c1-11-5-4-8(3-2-7)6(9)10/h2-5H2,1H3,(H,9,10). The Kier molecular flexibility index (Phi) is 5.46. The Bertz CT molecular complexity index is 120. The van der Waals surface area contributed by atoms with E-state index in [9.17, 15) is 9.18 Å². The summed E-state index contributed by atoms with van der Waals surface area (Å²) in [5, 5.41) is 8.43. The first-order valence-electron chi connectivity index (χ1n) is 3.25. The van der Waals surface area contributed by atoms with Gasteiger partial charge in [0.15, 0.2) is 0 Å². The minimum absolute atomic E-state index is 0.0846. The van der Waals surface area contributed by atoms with Crippen LogP contribution in [0.15, 0.2) is 0 Å². The summed E-state index contributed by atoms with van der Waals surface area (Å²) in [7, 11) is 1.47. The second kappa shape index (κ2) is 5.91. The monoisotopic (exact) mass is 165 g/mol. The summed E-state index contributed by atoms with van der Waals surface area (Å²) in [6.45, 7) is -0.225. The molecule has 4 nitrogen and oxygen atoms in total. The minimum atomic E-state index is -1.11. The summed E-state index contributed by atoms with van der Waals surface area (Å²) >= 11 is 0. The van der Waals surface area contributed by atoms with Gasteiger partial charge in [0.2, 0.25) is 0 Å². The normalized spacial score (nSPS) is 9.64. The summed E-state index contributed by atoms with van der Waals surface area (Å²) in [4.78, 5) is 11.3. The van der Waals surface area contributed by atoms with E-state index in [2.05, 4.69) is 4.74 Å². The highest BCUT2D eigenvalue weighted by Gasteiger charge is 2.09. The molecule has 0 aliphatic heterocycles. The molecule has 0 saturated heterocycles. The first-order valence-corrected chi connectivity index (χ1v) is 3.25. The highest BCUT2D eigenvalue weighted by molar-refractivity contribution is 5.64. The molecule has 0 fully saturated rings. The second-order valence-electron chi connectivity index (χ2n) is 1.95. The van der Waals surface area contributed by atoms with E-state index < -0.39 is 12.8 Å². The summed E-state index contributed by atoms with van der Waals surface area (Å²) in [6.07, 6.45) is -1.11. The number of hydrogen-bond donors (Lipinski definition) is 1. The van der Waals surface area contributed by atoms with Crippen LogP contribution in [-0.4, -0.2) is 49.6 Å². The van der Waals surface area contributed by atoms with Gasteiger partial charge >= 0.3 is 6.09 Å². The number of ether oxygens (including phenoxy) is 1. The maximum atomic E-state index is 11.7. The molecule has 0 aromatic carbocycles. The van der Waals surface area contributed by atoms with Crippen molar-refractivity contribution in [1.82, 2.24) is 4.90 Å². The molecule has 0 rings (SSSR count). The van der Waals surface area contributed by atoms with Crippen molar-refractivity contribution in [2.45, 2.75) is 0 Å². The highest BCUT2D eigenvalue weighted by Crippen LogP contribution is 1.89. The first kappa shape index (κ1) is 10.2. The fraction of sp³-hybridized carbons (Fsp3) is 0.833. The number of carboxylic acid groups (broad SMARTS) is 1. The second-order valence-corrected chi connectivity index (χ2v) is 1.95. The summed E-state index contributed by atoms with van der Waals surface area (Å²) in [6, 6.07) is 0. The number of carbonyl (C=O) groups is 1. The minimum Gasteiger partial charge on any atom is -0.465 e. The summed E-state index contributed by atoms with van der Waals surface area (Å²) in [5.41, 5.74) is 0. The lowest BCUT2D eigenvalue weighted by Gasteiger charge is -2.16. The van der Waals surface area contributed by atoms with Crippen LogP contribution < -0.4 is 0 Å². The maximum Gasteiger partial charge on any atom is 0.407 e. The number of nitrogens with zero attached hydrogens (tertiary/aromatic N) is 1. The van der Waals surface area contributed by atoms with Gasteiger partial charge in [-0.15, -0.1) is 0 Å². The fourth-order valence-corrected chi connectivity index (χ4v) is 0.607. The van der Waals surface area contributed by atoms with E-state index in [0.29, 0.717) is 6.61 Å². The molecule has 66 valence electrons. The third kappa shape index (κ3) is 4.55. The van der Waals surface area contributed by atoms with Gasteiger partial charge in [-0.25, -0.2) is 9.18 Å². The molecule has 0 saturated carbocycles. The van der Waals surface area contributed by atoms with Gasteiger partial charge in [-0.05, 0) is 0 Å². The third-order valence-electron chi connectivity index (χ3n) is 1.19. The molecular formula is C6H12FNO3. The van der Waals surface area contributed by atoms with Gasteiger partial charge in [-0.2, -0.15) is 0 Å². The van der Waals surface area contributed by atoms with E-state index in [-0.39, 0.29) is 13.1 Å². The molecule has 0 aromatic heterocycles.